The van der Waals surface area contributed by atoms with Crippen molar-refractivity contribution >= 4 is 11.9 Å². The van der Waals surface area contributed by atoms with E-state index in [-0.39, 0.29) is 18.4 Å². The van der Waals surface area contributed by atoms with Crippen LogP contribution in [0.4, 0.5) is 0 Å². The van der Waals surface area contributed by atoms with E-state index in [9.17, 15) is 14.7 Å². The molecule has 2 atom stereocenters. The molecule has 2 aliphatic heterocycles. The smallest absolute Gasteiger partial charge is 0.313 e. The average Bonchev–Trinajstić information content (AvgIpc) is 3.28. The third-order valence-electron chi connectivity index (χ3n) is 6.10. The monoisotopic (exact) mass is 332 g/mol. The van der Waals surface area contributed by atoms with E-state index in [1.807, 2.05) is 6.92 Å². The Morgan fingerprint density at radius 1 is 1.29 bits per heavy atom. The highest BCUT2D eigenvalue weighted by Crippen LogP contribution is 2.45. The molecule has 0 unspecified atom stereocenters. The molecular formula is C17H24N4O3. The van der Waals surface area contributed by atoms with Crippen molar-refractivity contribution in [1.29, 1.82) is 0 Å². The molecule has 3 fully saturated rings. The van der Waals surface area contributed by atoms with E-state index in [1.165, 1.54) is 25.7 Å². The van der Waals surface area contributed by atoms with E-state index in [4.69, 9.17) is 0 Å². The second kappa shape index (κ2) is 5.58. The summed E-state index contributed by atoms with van der Waals surface area (Å²) in [5.41, 5.74) is 0.0120. The number of aryl methyl sites for hydroxylation is 1. The van der Waals surface area contributed by atoms with Crippen LogP contribution in [0, 0.1) is 18.3 Å². The van der Waals surface area contributed by atoms with E-state index in [1.54, 1.807) is 11.1 Å². The number of amides is 1. The molecule has 3 aliphatic rings. The van der Waals surface area contributed by atoms with Gasteiger partial charge in [-0.3, -0.25) is 14.5 Å². The SMILES string of the molecule is Cc1cnc(C(=O)N2C[C@@H]3CN(C4CCCC4)C[C@]3(C(=O)O)C2)[nH]1. The number of carbonyl (C=O) groups is 2. The van der Waals surface area contributed by atoms with Crippen LogP contribution in [0.5, 0.6) is 0 Å². The predicted octanol–water partition coefficient (Wildman–Crippen LogP) is 1.12. The van der Waals surface area contributed by atoms with Crippen molar-refractivity contribution in [3.05, 3.63) is 17.7 Å². The van der Waals surface area contributed by atoms with Gasteiger partial charge in [-0.05, 0) is 19.8 Å². The first kappa shape index (κ1) is 15.6. The molecule has 1 amide bonds. The zero-order valence-corrected chi connectivity index (χ0v) is 14.0. The molecular weight excluding hydrogens is 308 g/mol. The number of nitrogens with one attached hydrogen (secondary N) is 1. The number of aromatic amines is 1. The Balaban J connectivity index is 1.52. The van der Waals surface area contributed by atoms with Crippen LogP contribution in [-0.2, 0) is 4.79 Å². The maximum absolute atomic E-state index is 12.6. The molecule has 1 aromatic heterocycles. The van der Waals surface area contributed by atoms with Crippen molar-refractivity contribution < 1.29 is 14.7 Å². The van der Waals surface area contributed by atoms with Crippen LogP contribution in [0.1, 0.15) is 42.0 Å². The maximum Gasteiger partial charge on any atom is 0.313 e. The van der Waals surface area contributed by atoms with Gasteiger partial charge in [0.05, 0.1) is 0 Å². The molecule has 24 heavy (non-hydrogen) atoms. The number of carboxylic acids is 1. The molecule has 1 aromatic rings. The summed E-state index contributed by atoms with van der Waals surface area (Å²) in [5.74, 6) is -0.638. The molecule has 130 valence electrons. The minimum absolute atomic E-state index is 0.00982. The van der Waals surface area contributed by atoms with Gasteiger partial charge in [-0.1, -0.05) is 12.8 Å². The summed E-state index contributed by atoms with van der Waals surface area (Å²) in [6.07, 6.45) is 6.47. The number of likely N-dealkylation sites (tertiary alicyclic amines) is 2. The molecule has 7 nitrogen and oxygen atoms in total. The normalized spacial score (nSPS) is 30.9. The summed E-state index contributed by atoms with van der Waals surface area (Å²) in [5, 5.41) is 9.92. The molecule has 0 aromatic carbocycles. The van der Waals surface area contributed by atoms with Gasteiger partial charge in [0.1, 0.15) is 5.41 Å². The first-order valence-corrected chi connectivity index (χ1v) is 8.78. The lowest BCUT2D eigenvalue weighted by Crippen LogP contribution is -2.43. The fraction of sp³-hybridized carbons (Fsp3) is 0.706. The molecule has 1 saturated carbocycles. The van der Waals surface area contributed by atoms with E-state index < -0.39 is 11.4 Å². The highest BCUT2D eigenvalue weighted by Gasteiger charge is 2.59. The fourth-order valence-electron chi connectivity index (χ4n) is 4.78. The Hall–Kier alpha value is -1.89. The number of carbonyl (C=O) groups excluding carboxylic acids is 1. The number of carboxylic acid groups (broad SMARTS) is 1. The van der Waals surface area contributed by atoms with E-state index in [0.29, 0.717) is 25.0 Å². The average molecular weight is 332 g/mol. The fourth-order valence-corrected chi connectivity index (χ4v) is 4.78. The first-order chi connectivity index (χ1) is 11.5. The number of hydrogen-bond donors (Lipinski definition) is 2. The van der Waals surface area contributed by atoms with Gasteiger partial charge in [0, 0.05) is 50.0 Å². The van der Waals surface area contributed by atoms with Crippen molar-refractivity contribution in [3.8, 4) is 0 Å². The van der Waals surface area contributed by atoms with Crippen molar-refractivity contribution in [2.24, 2.45) is 11.3 Å². The second-order valence-electron chi connectivity index (χ2n) is 7.63. The number of aromatic nitrogens is 2. The van der Waals surface area contributed by atoms with Crippen LogP contribution < -0.4 is 0 Å². The van der Waals surface area contributed by atoms with Crippen LogP contribution in [-0.4, -0.2) is 69.0 Å². The van der Waals surface area contributed by atoms with Crippen LogP contribution >= 0.6 is 0 Å². The minimum atomic E-state index is -0.820. The summed E-state index contributed by atoms with van der Waals surface area (Å²) in [6.45, 7) is 4.00. The quantitative estimate of drug-likeness (QED) is 0.866. The van der Waals surface area contributed by atoms with E-state index in [2.05, 4.69) is 14.9 Å². The molecule has 2 saturated heterocycles. The highest BCUT2D eigenvalue weighted by molar-refractivity contribution is 5.92. The number of fused-ring (bicyclic) bond motifs is 1. The molecule has 0 spiro atoms. The zero-order chi connectivity index (χ0) is 16.9. The third-order valence-corrected chi connectivity index (χ3v) is 6.10. The van der Waals surface area contributed by atoms with Crippen LogP contribution in [0.15, 0.2) is 6.20 Å². The zero-order valence-electron chi connectivity index (χ0n) is 14.0. The summed E-state index contributed by atoms with van der Waals surface area (Å²) >= 11 is 0. The number of nitrogens with zero attached hydrogens (tertiary/aromatic N) is 3. The Kier molecular flexibility index (Phi) is 3.63. The van der Waals surface area contributed by atoms with Crippen molar-refractivity contribution in [3.63, 3.8) is 0 Å². The Labute approximate surface area is 141 Å². The number of rotatable bonds is 3. The third kappa shape index (κ3) is 2.33. The van der Waals surface area contributed by atoms with Gasteiger partial charge in [-0.25, -0.2) is 4.98 Å². The van der Waals surface area contributed by atoms with Gasteiger partial charge in [0.25, 0.3) is 5.91 Å². The second-order valence-corrected chi connectivity index (χ2v) is 7.63. The van der Waals surface area contributed by atoms with E-state index >= 15 is 0 Å². The van der Waals surface area contributed by atoms with Crippen molar-refractivity contribution in [2.45, 2.75) is 38.6 Å². The summed E-state index contributed by atoms with van der Waals surface area (Å²) in [7, 11) is 0. The van der Waals surface area contributed by atoms with Gasteiger partial charge in [-0.15, -0.1) is 0 Å². The standard InChI is InChI=1S/C17H24N4O3/c1-11-6-18-14(19-11)15(22)21-8-12-7-20(13-4-2-3-5-13)9-17(12,10-21)16(23)24/h6,12-13H,2-5,7-10H2,1H3,(H,18,19)(H,23,24)/t12-,17-/m0/s1. The molecule has 0 bridgehead atoms. The first-order valence-electron chi connectivity index (χ1n) is 8.78. The van der Waals surface area contributed by atoms with Crippen molar-refractivity contribution in [2.75, 3.05) is 26.2 Å². The summed E-state index contributed by atoms with van der Waals surface area (Å²) < 4.78 is 0. The lowest BCUT2D eigenvalue weighted by Gasteiger charge is -2.28. The molecule has 0 radical (unpaired) electrons. The van der Waals surface area contributed by atoms with E-state index in [0.717, 1.165) is 12.2 Å². The highest BCUT2D eigenvalue weighted by atomic mass is 16.4. The van der Waals surface area contributed by atoms with Crippen molar-refractivity contribution in [1.82, 2.24) is 19.8 Å². The Morgan fingerprint density at radius 3 is 2.62 bits per heavy atom. The molecule has 1 aliphatic carbocycles. The van der Waals surface area contributed by atoms with Crippen LogP contribution in [0.25, 0.3) is 0 Å². The Morgan fingerprint density at radius 2 is 2.04 bits per heavy atom. The number of imidazole rings is 1. The number of H-pyrrole nitrogens is 1. The molecule has 7 heteroatoms. The largest absolute Gasteiger partial charge is 0.481 e. The van der Waals surface area contributed by atoms with Gasteiger partial charge in [-0.2, -0.15) is 0 Å². The number of aliphatic carboxylic acids is 1. The lowest BCUT2D eigenvalue weighted by molar-refractivity contribution is -0.148. The van der Waals surface area contributed by atoms with Crippen LogP contribution in [0.2, 0.25) is 0 Å². The van der Waals surface area contributed by atoms with Crippen LogP contribution in [0.3, 0.4) is 0 Å². The van der Waals surface area contributed by atoms with Gasteiger partial charge < -0.3 is 15.0 Å². The Bertz CT molecular complexity index is 667. The summed E-state index contributed by atoms with van der Waals surface area (Å²) in [6, 6.07) is 0.531. The maximum atomic E-state index is 12.6. The predicted molar refractivity (Wildman–Crippen MR) is 86.6 cm³/mol. The molecule has 3 heterocycles. The number of hydrogen-bond acceptors (Lipinski definition) is 4. The van der Waals surface area contributed by atoms with Gasteiger partial charge >= 0.3 is 5.97 Å². The molecule has 4 rings (SSSR count). The topological polar surface area (TPSA) is 89.5 Å². The van der Waals surface area contributed by atoms with Gasteiger partial charge in [0.2, 0.25) is 0 Å². The van der Waals surface area contributed by atoms with Gasteiger partial charge in [0.15, 0.2) is 5.82 Å². The summed E-state index contributed by atoms with van der Waals surface area (Å²) in [4.78, 5) is 35.8. The minimum Gasteiger partial charge on any atom is -0.481 e. The lowest BCUT2D eigenvalue weighted by atomic mass is 9.81. The molecule has 2 N–H and O–H groups in total.